The number of nitrogens with one attached hydrogen (secondary N) is 2. The second kappa shape index (κ2) is 6.96. The summed E-state index contributed by atoms with van der Waals surface area (Å²) in [6.45, 7) is 4.06. The molecule has 0 aliphatic carbocycles. The smallest absolute Gasteiger partial charge is 0.277 e. The SMILES string of the molecule is CC(C)c1[nH]nc(C(=O)Nc2ccc(-n3cnc4ccccc43)nc2)c1Br. The molecule has 0 atom stereocenters. The zero-order chi connectivity index (χ0) is 19.0. The van der Waals surface area contributed by atoms with Gasteiger partial charge in [0.1, 0.15) is 12.1 Å². The van der Waals surface area contributed by atoms with E-state index in [2.05, 4.69) is 41.4 Å². The molecule has 3 heterocycles. The first-order valence-electron chi connectivity index (χ1n) is 8.48. The summed E-state index contributed by atoms with van der Waals surface area (Å²) in [5.74, 6) is 0.664. The van der Waals surface area contributed by atoms with Crippen molar-refractivity contribution in [1.29, 1.82) is 0 Å². The van der Waals surface area contributed by atoms with Crippen molar-refractivity contribution < 1.29 is 4.79 Å². The Morgan fingerprint density at radius 1 is 1.19 bits per heavy atom. The third-order valence-corrected chi connectivity index (χ3v) is 5.03. The van der Waals surface area contributed by atoms with Gasteiger partial charge in [0, 0.05) is 0 Å². The van der Waals surface area contributed by atoms with Crippen molar-refractivity contribution in [3.8, 4) is 5.82 Å². The van der Waals surface area contributed by atoms with E-state index in [1.807, 2.05) is 48.7 Å². The third-order valence-electron chi connectivity index (χ3n) is 4.23. The summed E-state index contributed by atoms with van der Waals surface area (Å²) in [6.07, 6.45) is 3.35. The molecule has 8 heteroatoms. The minimum absolute atomic E-state index is 0.236. The molecule has 3 aromatic heterocycles. The van der Waals surface area contributed by atoms with Gasteiger partial charge in [0.05, 0.1) is 33.1 Å². The van der Waals surface area contributed by atoms with E-state index in [4.69, 9.17) is 0 Å². The highest BCUT2D eigenvalue weighted by Crippen LogP contribution is 2.26. The summed E-state index contributed by atoms with van der Waals surface area (Å²) >= 11 is 3.45. The first-order chi connectivity index (χ1) is 13.0. The Morgan fingerprint density at radius 2 is 2.00 bits per heavy atom. The molecule has 0 aliphatic rings. The molecule has 4 aromatic rings. The fourth-order valence-electron chi connectivity index (χ4n) is 2.81. The largest absolute Gasteiger partial charge is 0.319 e. The number of aromatic nitrogens is 5. The zero-order valence-electron chi connectivity index (χ0n) is 14.8. The van der Waals surface area contributed by atoms with Crippen LogP contribution in [0.5, 0.6) is 0 Å². The van der Waals surface area contributed by atoms with E-state index in [0.717, 1.165) is 22.5 Å². The zero-order valence-corrected chi connectivity index (χ0v) is 16.4. The first-order valence-corrected chi connectivity index (χ1v) is 9.27. The van der Waals surface area contributed by atoms with E-state index in [9.17, 15) is 4.79 Å². The van der Waals surface area contributed by atoms with Crippen LogP contribution in [0.15, 0.2) is 53.4 Å². The monoisotopic (exact) mass is 424 g/mol. The van der Waals surface area contributed by atoms with Crippen molar-refractivity contribution in [2.45, 2.75) is 19.8 Å². The predicted molar refractivity (Wildman–Crippen MR) is 107 cm³/mol. The molecular weight excluding hydrogens is 408 g/mol. The van der Waals surface area contributed by atoms with Crippen LogP contribution in [0.4, 0.5) is 5.69 Å². The van der Waals surface area contributed by atoms with Crippen LogP contribution in [0.2, 0.25) is 0 Å². The van der Waals surface area contributed by atoms with E-state index >= 15 is 0 Å². The molecule has 0 saturated heterocycles. The van der Waals surface area contributed by atoms with Crippen LogP contribution in [0.25, 0.3) is 16.9 Å². The molecule has 4 rings (SSSR count). The summed E-state index contributed by atoms with van der Waals surface area (Å²) in [5.41, 5.74) is 3.68. The number of benzene rings is 1. The highest BCUT2D eigenvalue weighted by molar-refractivity contribution is 9.10. The van der Waals surface area contributed by atoms with E-state index in [1.165, 1.54) is 0 Å². The number of pyridine rings is 1. The van der Waals surface area contributed by atoms with Gasteiger partial charge in [0.15, 0.2) is 5.69 Å². The standard InChI is InChI=1S/C19H17BrN6O/c1-11(2)17-16(20)18(25-24-17)19(27)23-12-7-8-15(21-9-12)26-10-22-13-5-3-4-6-14(13)26/h3-11H,1-2H3,(H,23,27)(H,24,25). The molecule has 0 aliphatic heterocycles. The summed E-state index contributed by atoms with van der Waals surface area (Å²) in [7, 11) is 0. The normalized spacial score (nSPS) is 11.3. The Kier molecular flexibility index (Phi) is 4.49. The molecular formula is C19H17BrN6O. The van der Waals surface area contributed by atoms with Gasteiger partial charge in [0.2, 0.25) is 0 Å². The van der Waals surface area contributed by atoms with Crippen molar-refractivity contribution in [3.05, 3.63) is 64.8 Å². The molecule has 27 heavy (non-hydrogen) atoms. The number of hydrogen-bond donors (Lipinski definition) is 2. The van der Waals surface area contributed by atoms with Crippen LogP contribution in [0.1, 0.15) is 35.9 Å². The van der Waals surface area contributed by atoms with E-state index in [-0.39, 0.29) is 11.8 Å². The number of fused-ring (bicyclic) bond motifs is 1. The molecule has 1 aromatic carbocycles. The van der Waals surface area contributed by atoms with Crippen LogP contribution in [0.3, 0.4) is 0 Å². The average Bonchev–Trinajstić information content (AvgIpc) is 3.26. The van der Waals surface area contributed by atoms with Crippen LogP contribution in [-0.2, 0) is 0 Å². The lowest BCUT2D eigenvalue weighted by atomic mass is 10.1. The Hall–Kier alpha value is -3.00. The summed E-state index contributed by atoms with van der Waals surface area (Å²) in [4.78, 5) is 21.3. The van der Waals surface area contributed by atoms with Crippen LogP contribution in [-0.4, -0.2) is 30.6 Å². The molecule has 0 unspecified atom stereocenters. The van der Waals surface area contributed by atoms with Crippen LogP contribution in [0, 0.1) is 0 Å². The lowest BCUT2D eigenvalue weighted by molar-refractivity contribution is 0.102. The number of hydrogen-bond acceptors (Lipinski definition) is 4. The topological polar surface area (TPSA) is 88.5 Å². The molecule has 1 amide bonds. The van der Waals surface area contributed by atoms with Crippen molar-refractivity contribution in [2.24, 2.45) is 0 Å². The van der Waals surface area contributed by atoms with Gasteiger partial charge >= 0.3 is 0 Å². The number of nitrogens with zero attached hydrogens (tertiary/aromatic N) is 4. The third kappa shape index (κ3) is 3.23. The number of para-hydroxylation sites is 2. The minimum Gasteiger partial charge on any atom is -0.319 e. The highest BCUT2D eigenvalue weighted by Gasteiger charge is 2.19. The first kappa shape index (κ1) is 17.4. The molecule has 0 fully saturated rings. The number of halogens is 1. The Labute approximate surface area is 164 Å². The highest BCUT2D eigenvalue weighted by atomic mass is 79.9. The number of aromatic amines is 1. The number of carbonyl (C=O) groups excluding carboxylic acids is 1. The second-order valence-corrected chi connectivity index (χ2v) is 7.21. The number of H-pyrrole nitrogens is 1. The Morgan fingerprint density at radius 3 is 2.70 bits per heavy atom. The van der Waals surface area contributed by atoms with Gasteiger partial charge in [-0.05, 0) is 46.1 Å². The van der Waals surface area contributed by atoms with Gasteiger partial charge in [-0.1, -0.05) is 26.0 Å². The predicted octanol–water partition coefficient (Wildman–Crippen LogP) is 4.28. The molecule has 0 bridgehead atoms. The minimum atomic E-state index is -0.298. The molecule has 0 saturated carbocycles. The number of anilines is 1. The summed E-state index contributed by atoms with van der Waals surface area (Å²) in [6, 6.07) is 11.5. The Balaban J connectivity index is 1.55. The van der Waals surface area contributed by atoms with Crippen LogP contribution < -0.4 is 5.32 Å². The van der Waals surface area contributed by atoms with Gasteiger partial charge in [-0.15, -0.1) is 0 Å². The second-order valence-electron chi connectivity index (χ2n) is 6.42. The van der Waals surface area contributed by atoms with Crippen LogP contribution >= 0.6 is 15.9 Å². The van der Waals surface area contributed by atoms with Crippen molar-refractivity contribution in [2.75, 3.05) is 5.32 Å². The molecule has 2 N–H and O–H groups in total. The van der Waals surface area contributed by atoms with Gasteiger partial charge in [-0.3, -0.25) is 14.5 Å². The van der Waals surface area contributed by atoms with E-state index in [0.29, 0.717) is 15.9 Å². The number of imidazole rings is 1. The van der Waals surface area contributed by atoms with Crippen molar-refractivity contribution in [1.82, 2.24) is 24.7 Å². The average molecular weight is 425 g/mol. The maximum Gasteiger partial charge on any atom is 0.277 e. The molecule has 136 valence electrons. The maximum absolute atomic E-state index is 12.5. The number of carbonyl (C=O) groups is 1. The van der Waals surface area contributed by atoms with E-state index in [1.54, 1.807) is 18.6 Å². The fraction of sp³-hybridized carbons (Fsp3) is 0.158. The van der Waals surface area contributed by atoms with Gasteiger partial charge in [-0.2, -0.15) is 5.10 Å². The summed E-state index contributed by atoms with van der Waals surface area (Å²) < 4.78 is 2.59. The number of amides is 1. The lowest BCUT2D eigenvalue weighted by Crippen LogP contribution is -2.13. The quantitative estimate of drug-likeness (QED) is 0.511. The van der Waals surface area contributed by atoms with Crippen molar-refractivity contribution >= 4 is 38.6 Å². The number of rotatable bonds is 4. The van der Waals surface area contributed by atoms with Gasteiger partial charge < -0.3 is 5.32 Å². The molecule has 0 spiro atoms. The fourth-order valence-corrected chi connectivity index (χ4v) is 3.62. The Bertz CT molecular complexity index is 1110. The molecule has 7 nitrogen and oxygen atoms in total. The van der Waals surface area contributed by atoms with Gasteiger partial charge in [0.25, 0.3) is 5.91 Å². The van der Waals surface area contributed by atoms with Crippen molar-refractivity contribution in [3.63, 3.8) is 0 Å². The molecule has 0 radical (unpaired) electrons. The van der Waals surface area contributed by atoms with Gasteiger partial charge in [-0.25, -0.2) is 9.97 Å². The van der Waals surface area contributed by atoms with E-state index < -0.39 is 0 Å². The maximum atomic E-state index is 12.5. The summed E-state index contributed by atoms with van der Waals surface area (Å²) in [5, 5.41) is 9.83. The lowest BCUT2D eigenvalue weighted by Gasteiger charge is -2.07.